The monoisotopic (exact) mass is 227 g/mol. The maximum absolute atomic E-state index is 6.10. The summed E-state index contributed by atoms with van der Waals surface area (Å²) in [5.74, 6) is 0.806. The third-order valence-electron chi connectivity index (χ3n) is 2.15. The summed E-state index contributed by atoms with van der Waals surface area (Å²) in [4.78, 5) is 0. The van der Waals surface area contributed by atoms with Crippen molar-refractivity contribution in [2.24, 2.45) is 0 Å². The van der Waals surface area contributed by atoms with E-state index in [-0.39, 0.29) is 0 Å². The minimum absolute atomic E-state index is 0.650. The van der Waals surface area contributed by atoms with Gasteiger partial charge in [-0.2, -0.15) is 0 Å². The van der Waals surface area contributed by atoms with Gasteiger partial charge in [-0.3, -0.25) is 0 Å². The van der Waals surface area contributed by atoms with Crippen molar-refractivity contribution in [3.05, 3.63) is 28.3 Å². The SMILES string of the molecule is CCNCCOc1c(C)cc(C)cc1Cl. The molecule has 0 amide bonds. The Hall–Kier alpha value is -0.730. The Kier molecular flexibility index (Phi) is 4.92. The maximum Gasteiger partial charge on any atom is 0.140 e. The Bertz CT molecular complexity index is 302. The van der Waals surface area contributed by atoms with Gasteiger partial charge in [-0.1, -0.05) is 24.6 Å². The molecule has 1 aromatic rings. The van der Waals surface area contributed by atoms with Gasteiger partial charge in [-0.05, 0) is 37.6 Å². The van der Waals surface area contributed by atoms with E-state index in [9.17, 15) is 0 Å². The second kappa shape index (κ2) is 5.99. The van der Waals surface area contributed by atoms with Crippen LogP contribution in [0.25, 0.3) is 0 Å². The van der Waals surface area contributed by atoms with Crippen LogP contribution in [-0.4, -0.2) is 19.7 Å². The molecule has 84 valence electrons. The lowest BCUT2D eigenvalue weighted by atomic mass is 10.1. The fourth-order valence-corrected chi connectivity index (χ4v) is 1.86. The van der Waals surface area contributed by atoms with Crippen LogP contribution in [0.5, 0.6) is 5.75 Å². The van der Waals surface area contributed by atoms with Crippen LogP contribution >= 0.6 is 11.6 Å². The molecule has 2 nitrogen and oxygen atoms in total. The Morgan fingerprint density at radius 3 is 2.67 bits per heavy atom. The minimum atomic E-state index is 0.650. The molecule has 0 aliphatic heterocycles. The standard InChI is InChI=1S/C12H18ClNO/c1-4-14-5-6-15-12-10(3)7-9(2)8-11(12)13/h7-8,14H,4-6H2,1-3H3. The molecular weight excluding hydrogens is 210 g/mol. The second-order valence-electron chi connectivity index (χ2n) is 3.59. The number of likely N-dealkylation sites (N-methyl/N-ethyl adjacent to an activating group) is 1. The van der Waals surface area contributed by atoms with Crippen LogP contribution in [0.15, 0.2) is 12.1 Å². The number of hydrogen-bond donors (Lipinski definition) is 1. The van der Waals surface area contributed by atoms with E-state index >= 15 is 0 Å². The molecule has 0 fully saturated rings. The van der Waals surface area contributed by atoms with Crippen LogP contribution in [0.3, 0.4) is 0 Å². The van der Waals surface area contributed by atoms with Crippen molar-refractivity contribution >= 4 is 11.6 Å². The smallest absolute Gasteiger partial charge is 0.140 e. The summed E-state index contributed by atoms with van der Waals surface area (Å²) in [7, 11) is 0. The number of nitrogens with one attached hydrogen (secondary N) is 1. The molecule has 1 aromatic carbocycles. The van der Waals surface area contributed by atoms with E-state index in [0.717, 1.165) is 30.0 Å². The summed E-state index contributed by atoms with van der Waals surface area (Å²) in [5.41, 5.74) is 2.26. The summed E-state index contributed by atoms with van der Waals surface area (Å²) >= 11 is 6.10. The van der Waals surface area contributed by atoms with E-state index in [2.05, 4.69) is 18.3 Å². The van der Waals surface area contributed by atoms with E-state index in [0.29, 0.717) is 11.6 Å². The number of halogens is 1. The summed E-state index contributed by atoms with van der Waals surface area (Å²) < 4.78 is 5.63. The highest BCUT2D eigenvalue weighted by molar-refractivity contribution is 6.32. The molecule has 0 heterocycles. The molecule has 0 spiro atoms. The van der Waals surface area contributed by atoms with Gasteiger partial charge in [0.2, 0.25) is 0 Å². The molecular formula is C12H18ClNO. The van der Waals surface area contributed by atoms with Crippen LogP contribution in [0.4, 0.5) is 0 Å². The van der Waals surface area contributed by atoms with Crippen molar-refractivity contribution in [1.29, 1.82) is 0 Å². The third-order valence-corrected chi connectivity index (χ3v) is 2.43. The Labute approximate surface area is 96.6 Å². The Balaban J connectivity index is 2.60. The van der Waals surface area contributed by atoms with Gasteiger partial charge >= 0.3 is 0 Å². The number of rotatable bonds is 5. The van der Waals surface area contributed by atoms with Gasteiger partial charge in [0.25, 0.3) is 0 Å². The second-order valence-corrected chi connectivity index (χ2v) is 4.00. The molecule has 0 aromatic heterocycles. The van der Waals surface area contributed by atoms with Crippen LogP contribution in [0, 0.1) is 13.8 Å². The fourth-order valence-electron chi connectivity index (χ4n) is 1.49. The van der Waals surface area contributed by atoms with Crippen molar-refractivity contribution in [3.63, 3.8) is 0 Å². The molecule has 0 bridgehead atoms. The molecule has 0 radical (unpaired) electrons. The first-order valence-electron chi connectivity index (χ1n) is 5.25. The largest absolute Gasteiger partial charge is 0.490 e. The van der Waals surface area contributed by atoms with E-state index < -0.39 is 0 Å². The Morgan fingerprint density at radius 1 is 1.33 bits per heavy atom. The normalized spacial score (nSPS) is 10.4. The van der Waals surface area contributed by atoms with Gasteiger partial charge in [0.1, 0.15) is 12.4 Å². The molecule has 0 aliphatic carbocycles. The zero-order chi connectivity index (χ0) is 11.3. The van der Waals surface area contributed by atoms with Crippen molar-refractivity contribution in [3.8, 4) is 5.75 Å². The van der Waals surface area contributed by atoms with Gasteiger partial charge in [-0.25, -0.2) is 0 Å². The van der Waals surface area contributed by atoms with E-state index in [1.54, 1.807) is 0 Å². The van der Waals surface area contributed by atoms with Crippen molar-refractivity contribution in [1.82, 2.24) is 5.32 Å². The van der Waals surface area contributed by atoms with Crippen LogP contribution in [0.2, 0.25) is 5.02 Å². The summed E-state index contributed by atoms with van der Waals surface area (Å²) in [6.45, 7) is 8.58. The van der Waals surface area contributed by atoms with E-state index in [1.807, 2.05) is 19.9 Å². The summed E-state index contributed by atoms with van der Waals surface area (Å²) in [6, 6.07) is 4.01. The summed E-state index contributed by atoms with van der Waals surface area (Å²) in [6.07, 6.45) is 0. The van der Waals surface area contributed by atoms with Crippen molar-refractivity contribution in [2.45, 2.75) is 20.8 Å². The minimum Gasteiger partial charge on any atom is -0.490 e. The van der Waals surface area contributed by atoms with E-state index in [4.69, 9.17) is 16.3 Å². The fraction of sp³-hybridized carbons (Fsp3) is 0.500. The molecule has 0 aliphatic rings. The quantitative estimate of drug-likeness (QED) is 0.781. The third kappa shape index (κ3) is 3.73. The topological polar surface area (TPSA) is 21.3 Å². The Morgan fingerprint density at radius 2 is 2.07 bits per heavy atom. The zero-order valence-electron chi connectivity index (χ0n) is 9.56. The lowest BCUT2D eigenvalue weighted by molar-refractivity contribution is 0.313. The molecule has 0 saturated heterocycles. The molecule has 0 unspecified atom stereocenters. The predicted octanol–water partition coefficient (Wildman–Crippen LogP) is 2.95. The van der Waals surface area contributed by atoms with Gasteiger partial charge in [0, 0.05) is 6.54 Å². The van der Waals surface area contributed by atoms with Gasteiger partial charge < -0.3 is 10.1 Å². The van der Waals surface area contributed by atoms with Gasteiger partial charge in [0.05, 0.1) is 5.02 Å². The number of hydrogen-bond acceptors (Lipinski definition) is 2. The molecule has 0 saturated carbocycles. The van der Waals surface area contributed by atoms with Gasteiger partial charge in [-0.15, -0.1) is 0 Å². The van der Waals surface area contributed by atoms with Crippen molar-refractivity contribution in [2.75, 3.05) is 19.7 Å². The van der Waals surface area contributed by atoms with Crippen LogP contribution in [0.1, 0.15) is 18.1 Å². The first-order valence-corrected chi connectivity index (χ1v) is 5.63. The predicted molar refractivity (Wildman–Crippen MR) is 65.0 cm³/mol. The highest BCUT2D eigenvalue weighted by Crippen LogP contribution is 2.29. The lowest BCUT2D eigenvalue weighted by Crippen LogP contribution is -2.20. The molecule has 0 atom stereocenters. The molecule has 15 heavy (non-hydrogen) atoms. The number of aryl methyl sites for hydroxylation is 2. The lowest BCUT2D eigenvalue weighted by Gasteiger charge is -2.11. The average Bonchev–Trinajstić information content (AvgIpc) is 2.15. The van der Waals surface area contributed by atoms with Crippen LogP contribution in [-0.2, 0) is 0 Å². The first-order chi connectivity index (χ1) is 7.15. The number of benzene rings is 1. The summed E-state index contributed by atoms with van der Waals surface area (Å²) in [5, 5.41) is 3.90. The first kappa shape index (κ1) is 12.3. The van der Waals surface area contributed by atoms with Gasteiger partial charge in [0.15, 0.2) is 0 Å². The molecule has 1 N–H and O–H groups in total. The number of ether oxygens (including phenoxy) is 1. The van der Waals surface area contributed by atoms with Crippen molar-refractivity contribution < 1.29 is 4.74 Å². The average molecular weight is 228 g/mol. The highest BCUT2D eigenvalue weighted by Gasteiger charge is 2.05. The highest BCUT2D eigenvalue weighted by atomic mass is 35.5. The molecule has 1 rings (SSSR count). The van der Waals surface area contributed by atoms with Crippen LogP contribution < -0.4 is 10.1 Å². The van der Waals surface area contributed by atoms with E-state index in [1.165, 1.54) is 0 Å². The zero-order valence-corrected chi connectivity index (χ0v) is 10.3. The molecule has 3 heteroatoms. The maximum atomic E-state index is 6.10.